The van der Waals surface area contributed by atoms with E-state index >= 15 is 0 Å². The van der Waals surface area contributed by atoms with Crippen LogP contribution in [0.5, 0.6) is 0 Å². The van der Waals surface area contributed by atoms with Gasteiger partial charge in [-0.25, -0.2) is 4.79 Å². The van der Waals surface area contributed by atoms with Gasteiger partial charge in [-0.1, -0.05) is 48.5 Å². The van der Waals surface area contributed by atoms with E-state index in [2.05, 4.69) is 10.6 Å². The summed E-state index contributed by atoms with van der Waals surface area (Å²) in [4.78, 5) is 38.3. The molecule has 0 aliphatic heterocycles. The van der Waals surface area contributed by atoms with Gasteiger partial charge in [0.15, 0.2) is 0 Å². The van der Waals surface area contributed by atoms with Crippen LogP contribution in [-0.4, -0.2) is 35.7 Å². The second-order valence-corrected chi connectivity index (χ2v) is 9.87. The first-order chi connectivity index (χ1) is 17.0. The summed E-state index contributed by atoms with van der Waals surface area (Å²) in [5, 5.41) is 16.7. The minimum Gasteiger partial charge on any atom is -0.481 e. The molecule has 3 N–H and O–H groups in total. The van der Waals surface area contributed by atoms with Gasteiger partial charge >= 0.3 is 12.1 Å². The maximum Gasteiger partial charge on any atom is 0.407 e. The molecule has 2 unspecified atom stereocenters. The van der Waals surface area contributed by atoms with Crippen molar-refractivity contribution >= 4 is 29.3 Å². The number of benzene rings is 2. The molecule has 2 aromatic carbocycles. The van der Waals surface area contributed by atoms with Crippen molar-refractivity contribution in [1.82, 2.24) is 10.6 Å². The quantitative estimate of drug-likeness (QED) is 0.448. The van der Waals surface area contributed by atoms with Crippen molar-refractivity contribution in [2.75, 3.05) is 6.61 Å². The zero-order valence-corrected chi connectivity index (χ0v) is 19.8. The van der Waals surface area contributed by atoms with Crippen LogP contribution in [0.15, 0.2) is 60.0 Å². The average molecular weight is 491 g/mol. The number of carboxylic acid groups (broad SMARTS) is 1. The Hall–Kier alpha value is -3.65. The highest BCUT2D eigenvalue weighted by Gasteiger charge is 2.31. The molecule has 0 radical (unpaired) electrons. The van der Waals surface area contributed by atoms with Gasteiger partial charge in [-0.05, 0) is 58.5 Å². The van der Waals surface area contributed by atoms with Gasteiger partial charge in [0.2, 0.25) is 5.91 Å². The number of thiophene rings is 1. The van der Waals surface area contributed by atoms with E-state index < -0.39 is 30.4 Å². The highest BCUT2D eigenvalue weighted by atomic mass is 32.1. The molecule has 1 aromatic heterocycles. The summed E-state index contributed by atoms with van der Waals surface area (Å²) in [5.74, 6) is -1.83. The lowest BCUT2D eigenvalue weighted by Crippen LogP contribution is -2.49. The standard InChI is InChI=1S/C27H26N2O5S/c30-25(31)14-23(26(32)28-22-10-5-11-24-20(22)12-13-35-24)29-27(33)34-15-21-18-8-3-1-6-16(18)17-7-2-4-9-19(17)21/h1-4,6-9,12-13,21-23H,5,10-11,14-15H2,(H,28,32)(H,29,33)(H,30,31). The van der Waals surface area contributed by atoms with E-state index in [-0.39, 0.29) is 18.6 Å². The van der Waals surface area contributed by atoms with E-state index in [0.29, 0.717) is 0 Å². The molecule has 2 amide bonds. The summed E-state index contributed by atoms with van der Waals surface area (Å²) in [7, 11) is 0. The third-order valence-electron chi connectivity index (χ3n) is 6.70. The Labute approximate surface area is 207 Å². The largest absolute Gasteiger partial charge is 0.481 e. The number of carbonyl (C=O) groups is 3. The van der Waals surface area contributed by atoms with E-state index in [1.165, 1.54) is 4.88 Å². The van der Waals surface area contributed by atoms with Crippen LogP contribution in [0.2, 0.25) is 0 Å². The maximum absolute atomic E-state index is 13.0. The third kappa shape index (κ3) is 4.79. The lowest BCUT2D eigenvalue weighted by Gasteiger charge is -2.26. The van der Waals surface area contributed by atoms with E-state index in [1.54, 1.807) is 11.3 Å². The predicted molar refractivity (Wildman–Crippen MR) is 132 cm³/mol. The molecular weight excluding hydrogens is 464 g/mol. The van der Waals surface area contributed by atoms with Gasteiger partial charge < -0.3 is 20.5 Å². The topological polar surface area (TPSA) is 105 Å². The van der Waals surface area contributed by atoms with Crippen LogP contribution in [0.1, 0.15) is 52.8 Å². The number of carbonyl (C=O) groups excluding carboxylic acids is 2. The number of carboxylic acids is 1. The van der Waals surface area contributed by atoms with Crippen molar-refractivity contribution in [2.24, 2.45) is 0 Å². The molecule has 1 heterocycles. The van der Waals surface area contributed by atoms with Crippen LogP contribution in [0.3, 0.4) is 0 Å². The number of fused-ring (bicyclic) bond motifs is 4. The molecule has 0 fully saturated rings. The minimum absolute atomic E-state index is 0.0855. The first-order valence-corrected chi connectivity index (χ1v) is 12.6. The first-order valence-electron chi connectivity index (χ1n) is 11.7. The summed E-state index contributed by atoms with van der Waals surface area (Å²) >= 11 is 1.66. The third-order valence-corrected chi connectivity index (χ3v) is 7.70. The Bertz CT molecular complexity index is 1220. The molecule has 180 valence electrons. The molecule has 2 aliphatic rings. The van der Waals surface area contributed by atoms with E-state index in [4.69, 9.17) is 4.74 Å². The fourth-order valence-electron chi connectivity index (χ4n) is 5.07. The molecule has 0 spiro atoms. The van der Waals surface area contributed by atoms with Gasteiger partial charge in [0.1, 0.15) is 12.6 Å². The Morgan fingerprint density at radius 3 is 2.37 bits per heavy atom. The van der Waals surface area contributed by atoms with Crippen LogP contribution in [0.25, 0.3) is 11.1 Å². The van der Waals surface area contributed by atoms with Crippen LogP contribution in [0.4, 0.5) is 4.79 Å². The SMILES string of the molecule is O=C(O)CC(NC(=O)OCC1c2ccccc2-c2ccccc21)C(=O)NC1CCCc2sccc21. The highest BCUT2D eigenvalue weighted by molar-refractivity contribution is 7.10. The summed E-state index contributed by atoms with van der Waals surface area (Å²) in [5.41, 5.74) is 5.45. The van der Waals surface area contributed by atoms with Crippen molar-refractivity contribution in [1.29, 1.82) is 0 Å². The highest BCUT2D eigenvalue weighted by Crippen LogP contribution is 2.44. The van der Waals surface area contributed by atoms with Gasteiger partial charge in [0.25, 0.3) is 0 Å². The summed E-state index contributed by atoms with van der Waals surface area (Å²) in [6.45, 7) is 0.0855. The lowest BCUT2D eigenvalue weighted by atomic mass is 9.93. The van der Waals surface area contributed by atoms with Crippen LogP contribution in [0, 0.1) is 0 Å². The summed E-state index contributed by atoms with van der Waals surface area (Å²) in [6.07, 6.45) is 1.37. The van der Waals surface area contributed by atoms with Crippen molar-refractivity contribution in [3.05, 3.63) is 81.5 Å². The minimum atomic E-state index is -1.23. The zero-order valence-electron chi connectivity index (χ0n) is 19.0. The van der Waals surface area contributed by atoms with Crippen molar-refractivity contribution in [3.63, 3.8) is 0 Å². The number of aliphatic carboxylic acids is 1. The molecule has 8 heteroatoms. The Balaban J connectivity index is 1.24. The molecule has 2 aliphatic carbocycles. The average Bonchev–Trinajstić information content (AvgIpc) is 3.46. The van der Waals surface area contributed by atoms with Gasteiger partial charge in [-0.3, -0.25) is 9.59 Å². The van der Waals surface area contributed by atoms with Crippen molar-refractivity contribution in [2.45, 2.75) is 43.7 Å². The molecule has 7 nitrogen and oxygen atoms in total. The summed E-state index contributed by atoms with van der Waals surface area (Å²) < 4.78 is 5.51. The molecule has 0 bridgehead atoms. The second kappa shape index (κ2) is 9.92. The van der Waals surface area contributed by atoms with E-state index in [0.717, 1.165) is 47.1 Å². The molecule has 0 saturated heterocycles. The molecule has 3 aromatic rings. The van der Waals surface area contributed by atoms with Crippen molar-refractivity contribution in [3.8, 4) is 11.1 Å². The van der Waals surface area contributed by atoms with Crippen molar-refractivity contribution < 1.29 is 24.2 Å². The maximum atomic E-state index is 13.0. The predicted octanol–water partition coefficient (Wildman–Crippen LogP) is 4.62. The summed E-state index contributed by atoms with van der Waals surface area (Å²) in [6, 6.07) is 16.6. The van der Waals surface area contributed by atoms with Gasteiger partial charge in [0, 0.05) is 10.8 Å². The van der Waals surface area contributed by atoms with Gasteiger partial charge in [0.05, 0.1) is 12.5 Å². The first kappa shape index (κ1) is 23.1. The molecule has 2 atom stereocenters. The van der Waals surface area contributed by atoms with Crippen LogP contribution in [-0.2, 0) is 20.7 Å². The molecule has 0 saturated carbocycles. The van der Waals surface area contributed by atoms with E-state index in [9.17, 15) is 19.5 Å². The number of hydrogen-bond acceptors (Lipinski definition) is 5. The van der Waals surface area contributed by atoms with Gasteiger partial charge in [-0.2, -0.15) is 0 Å². The zero-order chi connectivity index (χ0) is 24.4. The number of nitrogens with one attached hydrogen (secondary N) is 2. The number of hydrogen-bond donors (Lipinski definition) is 3. The second-order valence-electron chi connectivity index (χ2n) is 8.87. The fourth-order valence-corrected chi connectivity index (χ4v) is 6.06. The van der Waals surface area contributed by atoms with Crippen LogP contribution < -0.4 is 10.6 Å². The molecular formula is C27H26N2O5S. The number of ether oxygens (including phenoxy) is 1. The molecule has 5 rings (SSSR count). The number of amides is 2. The van der Waals surface area contributed by atoms with Crippen LogP contribution >= 0.6 is 11.3 Å². The number of alkyl carbamates (subject to hydrolysis) is 1. The Kier molecular flexibility index (Phi) is 6.55. The van der Waals surface area contributed by atoms with Gasteiger partial charge in [-0.15, -0.1) is 11.3 Å². The Morgan fingerprint density at radius 2 is 1.69 bits per heavy atom. The fraction of sp³-hybridized carbons (Fsp3) is 0.296. The smallest absolute Gasteiger partial charge is 0.407 e. The number of aryl methyl sites for hydroxylation is 1. The Morgan fingerprint density at radius 1 is 1.00 bits per heavy atom. The normalized spacial score (nSPS) is 17.0. The number of rotatable bonds is 7. The monoisotopic (exact) mass is 490 g/mol. The molecule has 35 heavy (non-hydrogen) atoms. The van der Waals surface area contributed by atoms with E-state index in [1.807, 2.05) is 60.0 Å². The lowest BCUT2D eigenvalue weighted by molar-refractivity contribution is -0.140.